The van der Waals surface area contributed by atoms with Crippen LogP contribution in [0, 0.1) is 6.92 Å². The van der Waals surface area contributed by atoms with Crippen LogP contribution in [0.3, 0.4) is 0 Å². The first-order valence-electron chi connectivity index (χ1n) is 6.11. The van der Waals surface area contributed by atoms with Gasteiger partial charge in [-0.1, -0.05) is 6.42 Å². The van der Waals surface area contributed by atoms with E-state index in [1.165, 1.54) is 4.90 Å². The molecule has 1 unspecified atom stereocenters. The number of carboxylic acids is 1. The minimum Gasteiger partial charge on any atom is -0.478 e. The van der Waals surface area contributed by atoms with Crippen molar-refractivity contribution >= 4 is 40.2 Å². The van der Waals surface area contributed by atoms with E-state index in [-0.39, 0.29) is 16.7 Å². The molecule has 19 heavy (non-hydrogen) atoms. The fourth-order valence-corrected chi connectivity index (χ4v) is 4.23. The lowest BCUT2D eigenvalue weighted by Gasteiger charge is -2.25. The summed E-state index contributed by atoms with van der Waals surface area (Å²) in [6.45, 7) is 1.65. The van der Waals surface area contributed by atoms with Gasteiger partial charge in [0, 0.05) is 7.05 Å². The Bertz CT molecular complexity index is 495. The molecule has 2 heterocycles. The van der Waals surface area contributed by atoms with Gasteiger partial charge >= 0.3 is 5.97 Å². The lowest BCUT2D eigenvalue weighted by atomic mass is 10.1. The van der Waals surface area contributed by atoms with Crippen LogP contribution < -0.4 is 4.90 Å². The number of carboxylic acid groups (broad SMARTS) is 1. The number of aromatic nitrogens is 1. The first-order valence-corrected chi connectivity index (χ1v) is 7.93. The van der Waals surface area contributed by atoms with Crippen LogP contribution in [0.15, 0.2) is 0 Å². The SMILES string of the molecule is Cc1nsc(N(C)C(=O)C2CCCCS2)c1C(=O)O. The number of amides is 1. The molecule has 7 heteroatoms. The van der Waals surface area contributed by atoms with Crippen molar-refractivity contribution in [3.8, 4) is 0 Å². The van der Waals surface area contributed by atoms with Gasteiger partial charge in [-0.3, -0.25) is 4.79 Å². The van der Waals surface area contributed by atoms with Gasteiger partial charge in [0.1, 0.15) is 10.6 Å². The van der Waals surface area contributed by atoms with Crippen LogP contribution in [0.4, 0.5) is 5.00 Å². The quantitative estimate of drug-likeness (QED) is 0.928. The monoisotopic (exact) mass is 300 g/mol. The van der Waals surface area contributed by atoms with Crippen LogP contribution in [0.2, 0.25) is 0 Å². The molecule has 1 atom stereocenters. The first-order chi connectivity index (χ1) is 9.02. The average Bonchev–Trinajstić information content (AvgIpc) is 2.80. The van der Waals surface area contributed by atoms with Gasteiger partial charge in [0.2, 0.25) is 5.91 Å². The largest absolute Gasteiger partial charge is 0.478 e. The Morgan fingerprint density at radius 3 is 2.74 bits per heavy atom. The number of carbonyl (C=O) groups excluding carboxylic acids is 1. The predicted molar refractivity (Wildman–Crippen MR) is 77.3 cm³/mol. The van der Waals surface area contributed by atoms with Gasteiger partial charge in [-0.25, -0.2) is 4.79 Å². The minimum atomic E-state index is -1.03. The molecule has 1 N–H and O–H groups in total. The molecule has 2 rings (SSSR count). The third-order valence-electron chi connectivity index (χ3n) is 3.15. The maximum atomic E-state index is 12.4. The molecule has 104 valence electrons. The van der Waals surface area contributed by atoms with Gasteiger partial charge in [0.05, 0.1) is 10.9 Å². The molecule has 0 aromatic carbocycles. The van der Waals surface area contributed by atoms with E-state index in [0.717, 1.165) is 36.5 Å². The molecule has 0 aliphatic carbocycles. The number of rotatable bonds is 3. The van der Waals surface area contributed by atoms with Gasteiger partial charge in [-0.15, -0.1) is 11.8 Å². The molecular formula is C12H16N2O3S2. The Morgan fingerprint density at radius 2 is 2.16 bits per heavy atom. The van der Waals surface area contributed by atoms with Crippen molar-refractivity contribution in [2.45, 2.75) is 31.4 Å². The number of carbonyl (C=O) groups is 2. The number of aromatic carboxylic acids is 1. The summed E-state index contributed by atoms with van der Waals surface area (Å²) in [5.74, 6) is -0.0503. The van der Waals surface area contributed by atoms with Gasteiger partial charge in [-0.05, 0) is 37.1 Å². The van der Waals surface area contributed by atoms with E-state index in [1.54, 1.807) is 25.7 Å². The van der Waals surface area contributed by atoms with Gasteiger partial charge in [-0.2, -0.15) is 4.37 Å². The van der Waals surface area contributed by atoms with E-state index >= 15 is 0 Å². The maximum absolute atomic E-state index is 12.4. The summed E-state index contributed by atoms with van der Waals surface area (Å²) < 4.78 is 4.05. The highest BCUT2D eigenvalue weighted by Crippen LogP contribution is 2.32. The van der Waals surface area contributed by atoms with Crippen molar-refractivity contribution in [1.29, 1.82) is 0 Å². The number of hydrogen-bond acceptors (Lipinski definition) is 5. The van der Waals surface area contributed by atoms with E-state index in [4.69, 9.17) is 0 Å². The highest BCUT2D eigenvalue weighted by atomic mass is 32.2. The van der Waals surface area contributed by atoms with Crippen LogP contribution in [0.1, 0.15) is 35.3 Å². The van der Waals surface area contributed by atoms with Crippen LogP contribution in [-0.4, -0.2) is 39.4 Å². The lowest BCUT2D eigenvalue weighted by Crippen LogP contribution is -2.36. The summed E-state index contributed by atoms with van der Waals surface area (Å²) in [5, 5.41) is 9.58. The summed E-state index contributed by atoms with van der Waals surface area (Å²) >= 11 is 2.73. The Kier molecular flexibility index (Phi) is 4.46. The topological polar surface area (TPSA) is 70.5 Å². The van der Waals surface area contributed by atoms with E-state index in [2.05, 4.69) is 4.37 Å². The highest BCUT2D eigenvalue weighted by Gasteiger charge is 2.29. The Balaban J connectivity index is 2.21. The molecule has 0 bridgehead atoms. The zero-order chi connectivity index (χ0) is 14.0. The molecular weight excluding hydrogens is 284 g/mol. The second-order valence-electron chi connectivity index (χ2n) is 4.51. The number of aryl methyl sites for hydroxylation is 1. The molecule has 0 spiro atoms. The molecule has 5 nitrogen and oxygen atoms in total. The average molecular weight is 300 g/mol. The second kappa shape index (κ2) is 5.92. The zero-order valence-electron chi connectivity index (χ0n) is 10.9. The Morgan fingerprint density at radius 1 is 1.42 bits per heavy atom. The molecule has 1 saturated heterocycles. The first kappa shape index (κ1) is 14.3. The van der Waals surface area contributed by atoms with Crippen molar-refractivity contribution in [3.05, 3.63) is 11.3 Å². The third-order valence-corrected chi connectivity index (χ3v) is 5.53. The number of hydrogen-bond donors (Lipinski definition) is 1. The van der Waals surface area contributed by atoms with Crippen molar-refractivity contribution in [2.24, 2.45) is 0 Å². The predicted octanol–water partition coefficient (Wildman–Crippen LogP) is 2.40. The molecule has 1 aromatic heterocycles. The number of thioether (sulfide) groups is 1. The van der Waals surface area contributed by atoms with E-state index in [0.29, 0.717) is 10.7 Å². The highest BCUT2D eigenvalue weighted by molar-refractivity contribution is 8.00. The van der Waals surface area contributed by atoms with E-state index < -0.39 is 5.97 Å². The number of nitrogens with zero attached hydrogens (tertiary/aromatic N) is 2. The summed E-state index contributed by atoms with van der Waals surface area (Å²) in [4.78, 5) is 25.1. The van der Waals surface area contributed by atoms with Gasteiger partial charge < -0.3 is 10.0 Å². The Labute approximate surface area is 120 Å². The van der Waals surface area contributed by atoms with Crippen molar-refractivity contribution < 1.29 is 14.7 Å². The van der Waals surface area contributed by atoms with Crippen LogP contribution in [0.25, 0.3) is 0 Å². The van der Waals surface area contributed by atoms with Crippen LogP contribution in [-0.2, 0) is 4.79 Å². The Hall–Kier alpha value is -1.08. The lowest BCUT2D eigenvalue weighted by molar-refractivity contribution is -0.117. The van der Waals surface area contributed by atoms with Crippen molar-refractivity contribution in [1.82, 2.24) is 4.37 Å². The number of anilines is 1. The molecule has 1 fully saturated rings. The minimum absolute atomic E-state index is 0.0177. The molecule has 1 aromatic rings. The zero-order valence-corrected chi connectivity index (χ0v) is 12.5. The van der Waals surface area contributed by atoms with Crippen molar-refractivity contribution in [3.63, 3.8) is 0 Å². The molecule has 1 amide bonds. The molecule has 0 saturated carbocycles. The third kappa shape index (κ3) is 2.92. The normalized spacial score (nSPS) is 19.2. The smallest absolute Gasteiger partial charge is 0.340 e. The van der Waals surface area contributed by atoms with E-state index in [1.807, 2.05) is 0 Å². The van der Waals surface area contributed by atoms with Crippen LogP contribution in [0.5, 0.6) is 0 Å². The fraction of sp³-hybridized carbons (Fsp3) is 0.583. The standard InChI is InChI=1S/C12H16N2O3S2/c1-7-9(12(16)17)11(19-13-7)14(2)10(15)8-5-3-4-6-18-8/h8H,3-6H2,1-2H3,(H,16,17). The summed E-state index contributed by atoms with van der Waals surface area (Å²) in [6.07, 6.45) is 3.08. The van der Waals surface area contributed by atoms with Crippen molar-refractivity contribution in [2.75, 3.05) is 17.7 Å². The van der Waals surface area contributed by atoms with Crippen LogP contribution >= 0.6 is 23.3 Å². The van der Waals surface area contributed by atoms with E-state index in [9.17, 15) is 14.7 Å². The molecule has 1 aliphatic heterocycles. The van der Waals surface area contributed by atoms with Gasteiger partial charge in [0.15, 0.2) is 0 Å². The summed E-state index contributed by atoms with van der Waals surface area (Å²) in [6, 6.07) is 0. The molecule has 1 aliphatic rings. The summed E-state index contributed by atoms with van der Waals surface area (Å²) in [5.41, 5.74) is 0.602. The molecule has 0 radical (unpaired) electrons. The summed E-state index contributed by atoms with van der Waals surface area (Å²) in [7, 11) is 1.64. The second-order valence-corrected chi connectivity index (χ2v) is 6.57. The van der Waals surface area contributed by atoms with Gasteiger partial charge in [0.25, 0.3) is 0 Å². The fourth-order valence-electron chi connectivity index (χ4n) is 2.08. The maximum Gasteiger partial charge on any atom is 0.340 e.